The molecule has 0 bridgehead atoms. The molecule has 0 unspecified atom stereocenters. The normalized spacial score (nSPS) is 16.8. The number of hydrogen-bond acceptors (Lipinski definition) is 3. The van der Waals surface area contributed by atoms with Crippen LogP contribution in [0, 0.1) is 5.92 Å². The van der Waals surface area contributed by atoms with E-state index in [4.69, 9.17) is 0 Å². The average Bonchev–Trinajstić information content (AvgIpc) is 2.90. The van der Waals surface area contributed by atoms with Crippen LogP contribution >= 0.6 is 0 Å². The standard InChI is InChI=1S/C15H21NO3S/c1-11(2)15(17)12-7-9-14(10-8-12)20(18,19)16-13-5-3-4-6-13/h7-11,13,16H,3-6H2,1-2H3. The molecule has 0 radical (unpaired) electrons. The predicted octanol–water partition coefficient (Wildman–Crippen LogP) is 2.75. The van der Waals surface area contributed by atoms with Gasteiger partial charge in [-0.25, -0.2) is 13.1 Å². The first-order chi connectivity index (χ1) is 9.40. The van der Waals surface area contributed by atoms with Crippen molar-refractivity contribution in [3.8, 4) is 0 Å². The first-order valence-electron chi connectivity index (χ1n) is 7.07. The fourth-order valence-corrected chi connectivity index (χ4v) is 3.77. The van der Waals surface area contributed by atoms with Crippen LogP contribution in [0.4, 0.5) is 0 Å². The summed E-state index contributed by atoms with van der Waals surface area (Å²) in [6.07, 6.45) is 3.97. The Bertz CT molecular complexity index is 570. The molecule has 0 saturated heterocycles. The minimum Gasteiger partial charge on any atom is -0.294 e. The van der Waals surface area contributed by atoms with E-state index in [0.717, 1.165) is 25.7 Å². The van der Waals surface area contributed by atoms with Gasteiger partial charge < -0.3 is 0 Å². The largest absolute Gasteiger partial charge is 0.294 e. The van der Waals surface area contributed by atoms with Crippen LogP contribution in [0.2, 0.25) is 0 Å². The van der Waals surface area contributed by atoms with Crippen LogP contribution in [0.5, 0.6) is 0 Å². The number of carbonyl (C=O) groups excluding carboxylic acids is 1. The molecule has 0 amide bonds. The number of nitrogens with one attached hydrogen (secondary N) is 1. The fraction of sp³-hybridized carbons (Fsp3) is 0.533. The SMILES string of the molecule is CC(C)C(=O)c1ccc(S(=O)(=O)NC2CCCC2)cc1. The second-order valence-electron chi connectivity index (χ2n) is 5.65. The molecule has 1 N–H and O–H groups in total. The van der Waals surface area contributed by atoms with Gasteiger partial charge in [0.1, 0.15) is 0 Å². The molecule has 1 aliphatic rings. The number of sulfonamides is 1. The molecule has 1 aromatic carbocycles. The molecule has 1 aliphatic carbocycles. The zero-order valence-electron chi connectivity index (χ0n) is 11.9. The number of hydrogen-bond donors (Lipinski definition) is 1. The summed E-state index contributed by atoms with van der Waals surface area (Å²) in [5, 5.41) is 0. The summed E-state index contributed by atoms with van der Waals surface area (Å²) in [5.74, 6) is -0.0632. The van der Waals surface area contributed by atoms with Crippen molar-refractivity contribution in [1.29, 1.82) is 0 Å². The summed E-state index contributed by atoms with van der Waals surface area (Å²) in [5.41, 5.74) is 0.555. The Labute approximate surface area is 120 Å². The molecular weight excluding hydrogens is 274 g/mol. The van der Waals surface area contributed by atoms with Crippen LogP contribution in [0.25, 0.3) is 0 Å². The van der Waals surface area contributed by atoms with E-state index in [2.05, 4.69) is 4.72 Å². The van der Waals surface area contributed by atoms with E-state index in [0.29, 0.717) is 5.56 Å². The van der Waals surface area contributed by atoms with Gasteiger partial charge in [-0.2, -0.15) is 0 Å². The lowest BCUT2D eigenvalue weighted by atomic mass is 10.0. The van der Waals surface area contributed by atoms with Gasteiger partial charge in [-0.05, 0) is 25.0 Å². The second kappa shape index (κ2) is 6.06. The summed E-state index contributed by atoms with van der Waals surface area (Å²) in [7, 11) is -3.47. The Balaban J connectivity index is 2.14. The van der Waals surface area contributed by atoms with Crippen LogP contribution in [0.1, 0.15) is 49.9 Å². The maximum Gasteiger partial charge on any atom is 0.240 e. The van der Waals surface area contributed by atoms with Gasteiger partial charge in [-0.3, -0.25) is 4.79 Å². The van der Waals surface area contributed by atoms with Crippen molar-refractivity contribution >= 4 is 15.8 Å². The first-order valence-corrected chi connectivity index (χ1v) is 8.55. The maximum absolute atomic E-state index is 12.2. The van der Waals surface area contributed by atoms with Gasteiger partial charge in [0.2, 0.25) is 10.0 Å². The average molecular weight is 295 g/mol. The lowest BCUT2D eigenvalue weighted by Gasteiger charge is -2.13. The van der Waals surface area contributed by atoms with Gasteiger partial charge in [0.25, 0.3) is 0 Å². The molecule has 1 saturated carbocycles. The van der Waals surface area contributed by atoms with Gasteiger partial charge in [-0.15, -0.1) is 0 Å². The smallest absolute Gasteiger partial charge is 0.240 e. The highest BCUT2D eigenvalue weighted by Crippen LogP contribution is 2.21. The van der Waals surface area contributed by atoms with Gasteiger partial charge in [-0.1, -0.05) is 38.8 Å². The first kappa shape index (κ1) is 15.2. The molecule has 2 rings (SSSR count). The molecule has 110 valence electrons. The topological polar surface area (TPSA) is 63.2 Å². The highest BCUT2D eigenvalue weighted by atomic mass is 32.2. The molecule has 0 spiro atoms. The molecule has 0 atom stereocenters. The Morgan fingerprint density at radius 2 is 1.70 bits per heavy atom. The summed E-state index contributed by atoms with van der Waals surface area (Å²) in [6, 6.07) is 6.24. The maximum atomic E-state index is 12.2. The van der Waals surface area contributed by atoms with E-state index in [9.17, 15) is 13.2 Å². The third-order valence-corrected chi connectivity index (χ3v) is 5.19. The van der Waals surface area contributed by atoms with Crippen molar-refractivity contribution in [3.05, 3.63) is 29.8 Å². The van der Waals surface area contributed by atoms with E-state index in [1.165, 1.54) is 12.1 Å². The van der Waals surface area contributed by atoms with Crippen LogP contribution < -0.4 is 4.72 Å². The van der Waals surface area contributed by atoms with Crippen LogP contribution in [-0.2, 0) is 10.0 Å². The van der Waals surface area contributed by atoms with Gasteiger partial charge >= 0.3 is 0 Å². The number of carbonyl (C=O) groups is 1. The third-order valence-electron chi connectivity index (χ3n) is 3.65. The number of Topliss-reactive ketones (excluding diaryl/α,β-unsaturated/α-hetero) is 1. The Hall–Kier alpha value is -1.20. The van der Waals surface area contributed by atoms with E-state index < -0.39 is 10.0 Å². The van der Waals surface area contributed by atoms with Crippen molar-refractivity contribution in [2.75, 3.05) is 0 Å². The van der Waals surface area contributed by atoms with Crippen molar-refractivity contribution < 1.29 is 13.2 Å². The monoisotopic (exact) mass is 295 g/mol. The van der Waals surface area contributed by atoms with Gasteiger partial charge in [0, 0.05) is 17.5 Å². The van der Waals surface area contributed by atoms with E-state index in [-0.39, 0.29) is 22.6 Å². The van der Waals surface area contributed by atoms with Crippen molar-refractivity contribution in [1.82, 2.24) is 4.72 Å². The molecule has 0 heterocycles. The number of rotatable bonds is 5. The van der Waals surface area contributed by atoms with Crippen LogP contribution in [0.3, 0.4) is 0 Å². The Morgan fingerprint density at radius 1 is 1.15 bits per heavy atom. The molecule has 5 heteroatoms. The van der Waals surface area contributed by atoms with Gasteiger partial charge in [0.15, 0.2) is 5.78 Å². The number of benzene rings is 1. The highest BCUT2D eigenvalue weighted by Gasteiger charge is 2.23. The highest BCUT2D eigenvalue weighted by molar-refractivity contribution is 7.89. The summed E-state index contributed by atoms with van der Waals surface area (Å²) in [4.78, 5) is 12.0. The number of ketones is 1. The zero-order chi connectivity index (χ0) is 14.8. The molecule has 0 aromatic heterocycles. The van der Waals surface area contributed by atoms with Crippen LogP contribution in [-0.4, -0.2) is 20.2 Å². The molecule has 0 aliphatic heterocycles. The van der Waals surface area contributed by atoms with Crippen molar-refractivity contribution in [2.45, 2.75) is 50.5 Å². The predicted molar refractivity (Wildman–Crippen MR) is 78.2 cm³/mol. The molecule has 1 fully saturated rings. The van der Waals surface area contributed by atoms with Crippen molar-refractivity contribution in [2.24, 2.45) is 5.92 Å². The van der Waals surface area contributed by atoms with Crippen molar-refractivity contribution in [3.63, 3.8) is 0 Å². The minimum absolute atomic E-state index is 0.0256. The third kappa shape index (κ3) is 3.46. The fourth-order valence-electron chi connectivity index (χ4n) is 2.46. The molecule has 1 aromatic rings. The van der Waals surface area contributed by atoms with E-state index >= 15 is 0 Å². The summed E-state index contributed by atoms with van der Waals surface area (Å²) >= 11 is 0. The second-order valence-corrected chi connectivity index (χ2v) is 7.36. The Kier molecular flexibility index (Phi) is 4.60. The van der Waals surface area contributed by atoms with Gasteiger partial charge in [0.05, 0.1) is 4.90 Å². The minimum atomic E-state index is -3.47. The quantitative estimate of drug-likeness (QED) is 0.850. The molecule has 20 heavy (non-hydrogen) atoms. The lowest BCUT2D eigenvalue weighted by molar-refractivity contribution is 0.0939. The van der Waals surface area contributed by atoms with E-state index in [1.807, 2.05) is 13.8 Å². The molecular formula is C15H21NO3S. The summed E-state index contributed by atoms with van der Waals surface area (Å²) in [6.45, 7) is 3.66. The lowest BCUT2D eigenvalue weighted by Crippen LogP contribution is -2.32. The van der Waals surface area contributed by atoms with Crippen LogP contribution in [0.15, 0.2) is 29.2 Å². The Morgan fingerprint density at radius 3 is 2.20 bits per heavy atom. The van der Waals surface area contributed by atoms with E-state index in [1.54, 1.807) is 12.1 Å². The zero-order valence-corrected chi connectivity index (χ0v) is 12.7. The summed E-state index contributed by atoms with van der Waals surface area (Å²) < 4.78 is 27.1. The molecule has 4 nitrogen and oxygen atoms in total.